The van der Waals surface area contributed by atoms with Crippen LogP contribution in [-0.4, -0.2) is 50.1 Å². The molecule has 2 aromatic heterocycles. The highest BCUT2D eigenvalue weighted by Gasteiger charge is 2.44. The molecule has 1 aliphatic carbocycles. The average molecular weight is 495 g/mol. The molecule has 1 aliphatic heterocycles. The van der Waals surface area contributed by atoms with Crippen LogP contribution in [0.25, 0.3) is 11.2 Å². The Morgan fingerprint density at radius 1 is 1.26 bits per heavy atom. The van der Waals surface area contributed by atoms with Gasteiger partial charge in [0, 0.05) is 30.4 Å². The lowest BCUT2D eigenvalue weighted by molar-refractivity contribution is -0.137. The standard InChI is InChI=1S/C21H22ClF3N8O/c22-15-12(7-33-10-30-16-17(26)28-9-29-18(16)33)14(4-3-13(15)21(23,24)25)32-6-5-20(27,8-32)19(34)31-11-1-2-11/h3-4,9-11H,1-2,5-8,27H2,(H,31,34)(H2,26,28,29). The number of halogens is 4. The molecule has 34 heavy (non-hydrogen) atoms. The highest BCUT2D eigenvalue weighted by molar-refractivity contribution is 6.32. The van der Waals surface area contributed by atoms with E-state index in [0.717, 1.165) is 18.9 Å². The maximum atomic E-state index is 13.7. The second kappa shape index (κ2) is 7.98. The van der Waals surface area contributed by atoms with Gasteiger partial charge in [0.1, 0.15) is 17.4 Å². The van der Waals surface area contributed by atoms with E-state index in [2.05, 4.69) is 20.3 Å². The highest BCUT2D eigenvalue weighted by atomic mass is 35.5. The molecule has 1 amide bonds. The van der Waals surface area contributed by atoms with Gasteiger partial charge in [-0.15, -0.1) is 0 Å². The minimum absolute atomic E-state index is 0.0482. The summed E-state index contributed by atoms with van der Waals surface area (Å²) in [5, 5.41) is 2.50. The van der Waals surface area contributed by atoms with Crippen LogP contribution in [-0.2, 0) is 17.5 Å². The van der Waals surface area contributed by atoms with Gasteiger partial charge in [-0.3, -0.25) is 4.79 Å². The Bertz CT molecular complexity index is 1270. The molecule has 9 nitrogen and oxygen atoms in total. The number of anilines is 2. The molecule has 1 saturated heterocycles. The normalized spacial score (nSPS) is 20.8. The molecule has 1 aromatic carbocycles. The highest BCUT2D eigenvalue weighted by Crippen LogP contribution is 2.41. The summed E-state index contributed by atoms with van der Waals surface area (Å²) < 4.78 is 42.5. The lowest BCUT2D eigenvalue weighted by atomic mass is 9.99. The number of alkyl halides is 3. The second-order valence-corrected chi connectivity index (χ2v) is 9.18. The Balaban J connectivity index is 1.53. The summed E-state index contributed by atoms with van der Waals surface area (Å²) in [6.07, 6.45) is 0.263. The van der Waals surface area contributed by atoms with E-state index in [0.29, 0.717) is 29.8 Å². The summed E-state index contributed by atoms with van der Waals surface area (Å²) in [7, 11) is 0. The molecule has 0 spiro atoms. The van der Waals surface area contributed by atoms with Crippen molar-refractivity contribution in [2.75, 3.05) is 23.7 Å². The van der Waals surface area contributed by atoms with Crippen LogP contribution >= 0.6 is 11.6 Å². The van der Waals surface area contributed by atoms with Crippen molar-refractivity contribution in [3.63, 3.8) is 0 Å². The van der Waals surface area contributed by atoms with Crippen LogP contribution < -0.4 is 21.7 Å². The molecule has 0 radical (unpaired) electrons. The summed E-state index contributed by atoms with van der Waals surface area (Å²) in [6.45, 7) is 0.497. The van der Waals surface area contributed by atoms with Gasteiger partial charge >= 0.3 is 6.18 Å². The Hall–Kier alpha value is -3.12. The smallest absolute Gasteiger partial charge is 0.382 e. The van der Waals surface area contributed by atoms with E-state index in [1.165, 1.54) is 18.7 Å². The monoisotopic (exact) mass is 494 g/mol. The number of carbonyl (C=O) groups excluding carboxylic acids is 1. The number of benzene rings is 1. The minimum atomic E-state index is -4.64. The molecule has 2 fully saturated rings. The molecule has 1 saturated carbocycles. The van der Waals surface area contributed by atoms with Gasteiger partial charge in [-0.25, -0.2) is 15.0 Å². The maximum Gasteiger partial charge on any atom is 0.417 e. The molecule has 13 heteroatoms. The zero-order chi connectivity index (χ0) is 24.3. The van der Waals surface area contributed by atoms with Gasteiger partial charge in [0.25, 0.3) is 0 Å². The summed E-state index contributed by atoms with van der Waals surface area (Å²) in [6, 6.07) is 2.48. The third kappa shape index (κ3) is 4.00. The van der Waals surface area contributed by atoms with Crippen LogP contribution in [0.1, 0.15) is 30.4 Å². The van der Waals surface area contributed by atoms with Crippen LogP contribution in [0, 0.1) is 0 Å². The second-order valence-electron chi connectivity index (χ2n) is 8.80. The first-order valence-electron chi connectivity index (χ1n) is 10.7. The molecular formula is C21H22ClF3N8O. The van der Waals surface area contributed by atoms with Crippen molar-refractivity contribution in [1.29, 1.82) is 0 Å². The SMILES string of the molecule is Nc1ncnc2c1ncn2Cc1c(N2CCC(N)(C(=O)NC3CC3)C2)ccc(C(F)(F)F)c1Cl. The largest absolute Gasteiger partial charge is 0.417 e. The number of carbonyl (C=O) groups is 1. The van der Waals surface area contributed by atoms with Crippen LogP contribution in [0.4, 0.5) is 24.7 Å². The summed E-state index contributed by atoms with van der Waals surface area (Å²) in [5.41, 5.74) is 11.6. The van der Waals surface area contributed by atoms with Crippen molar-refractivity contribution < 1.29 is 18.0 Å². The van der Waals surface area contributed by atoms with Crippen LogP contribution in [0.15, 0.2) is 24.8 Å². The zero-order valence-electron chi connectivity index (χ0n) is 17.9. The van der Waals surface area contributed by atoms with Crippen molar-refractivity contribution in [1.82, 2.24) is 24.8 Å². The molecule has 5 N–H and O–H groups in total. The van der Waals surface area contributed by atoms with Gasteiger partial charge in [0.05, 0.1) is 23.5 Å². The Morgan fingerprint density at radius 2 is 2.03 bits per heavy atom. The number of hydrogen-bond acceptors (Lipinski definition) is 7. The molecule has 180 valence electrons. The fourth-order valence-corrected chi connectivity index (χ4v) is 4.57. The number of hydrogen-bond donors (Lipinski definition) is 3. The first-order valence-corrected chi connectivity index (χ1v) is 11.1. The van der Waals surface area contributed by atoms with E-state index in [9.17, 15) is 18.0 Å². The fraction of sp³-hybridized carbons (Fsp3) is 0.429. The Morgan fingerprint density at radius 3 is 2.74 bits per heavy atom. The number of nitrogens with zero attached hydrogens (tertiary/aromatic N) is 5. The number of fused-ring (bicyclic) bond motifs is 1. The molecule has 2 aliphatic rings. The predicted molar refractivity (Wildman–Crippen MR) is 120 cm³/mol. The van der Waals surface area contributed by atoms with E-state index >= 15 is 0 Å². The molecule has 3 heterocycles. The number of nitrogen functional groups attached to an aromatic ring is 1. The van der Waals surface area contributed by atoms with Crippen LogP contribution in [0.3, 0.4) is 0 Å². The van der Waals surface area contributed by atoms with Crippen molar-refractivity contribution in [2.24, 2.45) is 5.73 Å². The van der Waals surface area contributed by atoms with Crippen LogP contribution in [0.5, 0.6) is 0 Å². The molecule has 0 bridgehead atoms. The topological polar surface area (TPSA) is 128 Å². The summed E-state index contributed by atoms with van der Waals surface area (Å²) >= 11 is 6.34. The quantitative estimate of drug-likeness (QED) is 0.496. The molecule has 5 rings (SSSR count). The van der Waals surface area contributed by atoms with E-state index in [4.69, 9.17) is 23.1 Å². The van der Waals surface area contributed by atoms with Crippen molar-refractivity contribution in [3.05, 3.63) is 40.9 Å². The fourth-order valence-electron chi connectivity index (χ4n) is 4.24. The van der Waals surface area contributed by atoms with Crippen molar-refractivity contribution in [2.45, 2.75) is 43.6 Å². The van der Waals surface area contributed by atoms with E-state index in [-0.39, 0.29) is 36.4 Å². The van der Waals surface area contributed by atoms with Crippen LogP contribution in [0.2, 0.25) is 5.02 Å². The van der Waals surface area contributed by atoms with E-state index in [1.54, 1.807) is 9.47 Å². The Kier molecular flexibility index (Phi) is 5.32. The molecular weight excluding hydrogens is 473 g/mol. The summed E-state index contributed by atoms with van der Waals surface area (Å²) in [4.78, 5) is 26.7. The van der Waals surface area contributed by atoms with E-state index in [1.807, 2.05) is 0 Å². The van der Waals surface area contributed by atoms with Gasteiger partial charge in [-0.1, -0.05) is 11.6 Å². The predicted octanol–water partition coefficient (Wildman–Crippen LogP) is 2.32. The van der Waals surface area contributed by atoms with Gasteiger partial charge in [0.15, 0.2) is 11.5 Å². The van der Waals surface area contributed by atoms with Crippen molar-refractivity contribution >= 4 is 40.2 Å². The van der Waals surface area contributed by atoms with Gasteiger partial charge in [-0.05, 0) is 31.4 Å². The first kappa shape index (κ1) is 22.7. The van der Waals surface area contributed by atoms with Gasteiger partial charge < -0.3 is 26.3 Å². The van der Waals surface area contributed by atoms with Gasteiger partial charge in [-0.2, -0.15) is 13.2 Å². The first-order chi connectivity index (χ1) is 16.1. The number of amides is 1. The third-order valence-electron chi connectivity index (χ3n) is 6.29. The average Bonchev–Trinajstić information content (AvgIpc) is 3.34. The Labute approximate surface area is 197 Å². The minimum Gasteiger partial charge on any atom is -0.382 e. The number of aromatic nitrogens is 4. The molecule has 3 aromatic rings. The molecule has 1 atom stereocenters. The summed E-state index contributed by atoms with van der Waals surface area (Å²) in [5.74, 6) is -0.0851. The van der Waals surface area contributed by atoms with Gasteiger partial charge in [0.2, 0.25) is 5.91 Å². The number of nitrogens with one attached hydrogen (secondary N) is 1. The number of nitrogens with two attached hydrogens (primary N) is 2. The zero-order valence-corrected chi connectivity index (χ0v) is 18.7. The number of rotatable bonds is 5. The third-order valence-corrected chi connectivity index (χ3v) is 6.72. The lowest BCUT2D eigenvalue weighted by Gasteiger charge is -2.27. The lowest BCUT2D eigenvalue weighted by Crippen LogP contribution is -2.56. The van der Waals surface area contributed by atoms with Crippen molar-refractivity contribution in [3.8, 4) is 0 Å². The number of imidazole rings is 1. The van der Waals surface area contributed by atoms with E-state index < -0.39 is 22.3 Å². The molecule has 1 unspecified atom stereocenters. The maximum absolute atomic E-state index is 13.7.